The standard InChI is InChI=1S/C29H33ClFN7O/c1-36-13-3-5-21(36)18-39-29-34-24-17-37(25-6-2-4-19-7-8-23(31)27(30)26(19)25)14-10-22(24)28(35-29)38-15-12-33-20(16-38)9-11-32/h2,4,6-8,20-21,33H,3,5,9-10,12-18H2,1H3/t20-,21-/m0/s1. The number of nitrogens with zero attached hydrogens (tertiary/aromatic N) is 6. The first kappa shape index (κ1) is 26.1. The number of halogens is 2. The summed E-state index contributed by atoms with van der Waals surface area (Å²) in [5, 5.41) is 14.5. The van der Waals surface area contributed by atoms with Gasteiger partial charge in [0.25, 0.3) is 0 Å². The fraction of sp³-hybridized carbons (Fsp3) is 0.483. The highest BCUT2D eigenvalue weighted by Crippen LogP contribution is 2.38. The summed E-state index contributed by atoms with van der Waals surface area (Å²) in [4.78, 5) is 16.7. The number of nitriles is 1. The van der Waals surface area contributed by atoms with E-state index in [1.165, 1.54) is 12.5 Å². The molecular weight excluding hydrogens is 517 g/mol. The Morgan fingerprint density at radius 2 is 2.08 bits per heavy atom. The summed E-state index contributed by atoms with van der Waals surface area (Å²) in [5.74, 6) is 0.484. The number of likely N-dealkylation sites (tertiary alicyclic amines) is 1. The van der Waals surface area contributed by atoms with E-state index in [0.29, 0.717) is 38.2 Å². The molecule has 0 aliphatic carbocycles. The van der Waals surface area contributed by atoms with Gasteiger partial charge in [-0.2, -0.15) is 15.2 Å². The highest BCUT2D eigenvalue weighted by Gasteiger charge is 2.30. The summed E-state index contributed by atoms with van der Waals surface area (Å²) in [6.07, 6.45) is 3.47. The molecule has 2 fully saturated rings. The summed E-state index contributed by atoms with van der Waals surface area (Å²) in [6, 6.07) is 12.3. The number of hydrogen-bond donors (Lipinski definition) is 1. The van der Waals surface area contributed by atoms with E-state index in [0.717, 1.165) is 72.6 Å². The minimum absolute atomic E-state index is 0.0960. The first-order chi connectivity index (χ1) is 19.0. The second kappa shape index (κ2) is 11.1. The Bertz CT molecular complexity index is 1410. The van der Waals surface area contributed by atoms with Crippen molar-refractivity contribution in [2.75, 3.05) is 56.2 Å². The van der Waals surface area contributed by atoms with E-state index in [2.05, 4.69) is 33.1 Å². The van der Waals surface area contributed by atoms with E-state index in [9.17, 15) is 9.65 Å². The van der Waals surface area contributed by atoms with Crippen LogP contribution in [0.4, 0.5) is 15.9 Å². The number of likely N-dealkylation sites (N-methyl/N-ethyl adjacent to an activating group) is 1. The van der Waals surface area contributed by atoms with Crippen LogP contribution >= 0.6 is 11.6 Å². The van der Waals surface area contributed by atoms with Crippen LogP contribution in [0.5, 0.6) is 6.01 Å². The van der Waals surface area contributed by atoms with E-state index in [1.54, 1.807) is 6.07 Å². The topological polar surface area (TPSA) is 80.5 Å². The Hall–Kier alpha value is -3.19. The van der Waals surface area contributed by atoms with E-state index in [4.69, 9.17) is 26.3 Å². The average Bonchev–Trinajstić information content (AvgIpc) is 3.37. The Kier molecular flexibility index (Phi) is 7.43. The van der Waals surface area contributed by atoms with Gasteiger partial charge in [-0.05, 0) is 50.4 Å². The summed E-state index contributed by atoms with van der Waals surface area (Å²) in [6.45, 7) is 5.21. The van der Waals surface area contributed by atoms with Gasteiger partial charge in [0.15, 0.2) is 0 Å². The molecule has 0 bridgehead atoms. The summed E-state index contributed by atoms with van der Waals surface area (Å²) >= 11 is 6.47. The smallest absolute Gasteiger partial charge is 0.318 e. The van der Waals surface area contributed by atoms with E-state index >= 15 is 0 Å². The molecule has 0 radical (unpaired) electrons. The number of rotatable bonds is 6. The molecule has 204 valence electrons. The minimum atomic E-state index is -0.420. The van der Waals surface area contributed by atoms with E-state index < -0.39 is 5.82 Å². The number of aromatic nitrogens is 2. The summed E-state index contributed by atoms with van der Waals surface area (Å²) in [5.41, 5.74) is 2.93. The summed E-state index contributed by atoms with van der Waals surface area (Å²) < 4.78 is 20.7. The van der Waals surface area contributed by atoms with Gasteiger partial charge in [-0.25, -0.2) is 4.39 Å². The molecule has 3 aliphatic rings. The number of nitrogens with one attached hydrogen (secondary N) is 1. The van der Waals surface area contributed by atoms with Gasteiger partial charge in [0, 0.05) is 54.9 Å². The van der Waals surface area contributed by atoms with Crippen molar-refractivity contribution in [3.05, 3.63) is 52.4 Å². The van der Waals surface area contributed by atoms with Crippen molar-refractivity contribution >= 4 is 33.9 Å². The maximum atomic E-state index is 14.5. The molecule has 3 aromatic rings. The molecule has 0 amide bonds. The van der Waals surface area contributed by atoms with Crippen LogP contribution in [0.15, 0.2) is 30.3 Å². The van der Waals surface area contributed by atoms with E-state index in [1.807, 2.05) is 18.2 Å². The van der Waals surface area contributed by atoms with Gasteiger partial charge in [-0.3, -0.25) is 0 Å². The average molecular weight is 550 g/mol. The van der Waals surface area contributed by atoms with Crippen molar-refractivity contribution in [2.24, 2.45) is 0 Å². The predicted molar refractivity (Wildman–Crippen MR) is 151 cm³/mol. The number of fused-ring (bicyclic) bond motifs is 2. The zero-order valence-corrected chi connectivity index (χ0v) is 22.9. The summed E-state index contributed by atoms with van der Waals surface area (Å²) in [7, 11) is 2.13. The zero-order valence-electron chi connectivity index (χ0n) is 22.2. The normalized spacial score (nSPS) is 21.7. The lowest BCUT2D eigenvalue weighted by atomic mass is 10.0. The second-order valence-electron chi connectivity index (χ2n) is 10.7. The third-order valence-corrected chi connectivity index (χ3v) is 8.62. The quantitative estimate of drug-likeness (QED) is 0.491. The molecule has 3 aliphatic heterocycles. The van der Waals surface area contributed by atoms with Gasteiger partial charge in [-0.15, -0.1) is 0 Å². The van der Waals surface area contributed by atoms with Crippen LogP contribution in [-0.4, -0.2) is 73.3 Å². The molecule has 6 rings (SSSR count). The number of ether oxygens (including phenoxy) is 1. The molecule has 2 atom stereocenters. The lowest BCUT2D eigenvalue weighted by Crippen LogP contribution is -2.51. The SMILES string of the molecule is CN1CCC[C@H]1COc1nc2c(c(N3CCN[C@@H](CC#N)C3)n1)CCN(c1cccc3ccc(F)c(Cl)c13)C2. The minimum Gasteiger partial charge on any atom is -0.462 e. The zero-order chi connectivity index (χ0) is 26.9. The second-order valence-corrected chi connectivity index (χ2v) is 11.1. The van der Waals surface area contributed by atoms with Crippen LogP contribution in [-0.2, 0) is 13.0 Å². The van der Waals surface area contributed by atoms with Crippen molar-refractivity contribution in [3.63, 3.8) is 0 Å². The van der Waals surface area contributed by atoms with Crippen LogP contribution < -0.4 is 19.9 Å². The number of hydrogen-bond acceptors (Lipinski definition) is 8. The Balaban J connectivity index is 1.34. The highest BCUT2D eigenvalue weighted by atomic mass is 35.5. The van der Waals surface area contributed by atoms with Crippen molar-refractivity contribution in [3.8, 4) is 12.1 Å². The van der Waals surface area contributed by atoms with Gasteiger partial charge < -0.3 is 24.8 Å². The van der Waals surface area contributed by atoms with Crippen molar-refractivity contribution in [1.82, 2.24) is 20.2 Å². The van der Waals surface area contributed by atoms with Crippen molar-refractivity contribution < 1.29 is 9.13 Å². The number of piperazine rings is 1. The fourth-order valence-electron chi connectivity index (χ4n) is 6.10. The molecule has 8 nitrogen and oxygen atoms in total. The van der Waals surface area contributed by atoms with Crippen LogP contribution in [0, 0.1) is 17.1 Å². The first-order valence-electron chi connectivity index (χ1n) is 13.7. The third kappa shape index (κ3) is 5.21. The van der Waals surface area contributed by atoms with Gasteiger partial charge in [0.05, 0.1) is 29.8 Å². The van der Waals surface area contributed by atoms with Gasteiger partial charge in [0.1, 0.15) is 18.2 Å². The van der Waals surface area contributed by atoms with Crippen LogP contribution in [0.2, 0.25) is 5.02 Å². The molecule has 0 unspecified atom stereocenters. The van der Waals surface area contributed by atoms with Crippen LogP contribution in [0.3, 0.4) is 0 Å². The first-order valence-corrected chi connectivity index (χ1v) is 14.1. The Morgan fingerprint density at radius 3 is 2.90 bits per heavy atom. The van der Waals surface area contributed by atoms with Gasteiger partial charge in [0.2, 0.25) is 0 Å². The lowest BCUT2D eigenvalue weighted by molar-refractivity contribution is 0.187. The molecule has 1 N–H and O–H groups in total. The largest absolute Gasteiger partial charge is 0.462 e. The van der Waals surface area contributed by atoms with Gasteiger partial charge in [-0.1, -0.05) is 29.8 Å². The maximum absolute atomic E-state index is 14.5. The van der Waals surface area contributed by atoms with Crippen LogP contribution in [0.1, 0.15) is 30.5 Å². The molecule has 39 heavy (non-hydrogen) atoms. The molecule has 0 spiro atoms. The fourth-order valence-corrected chi connectivity index (χ4v) is 6.37. The molecule has 0 saturated carbocycles. The number of anilines is 2. The van der Waals surface area contributed by atoms with Crippen LogP contribution in [0.25, 0.3) is 10.8 Å². The predicted octanol–water partition coefficient (Wildman–Crippen LogP) is 4.15. The lowest BCUT2D eigenvalue weighted by Gasteiger charge is -2.37. The molecule has 10 heteroatoms. The van der Waals surface area contributed by atoms with E-state index in [-0.39, 0.29) is 11.1 Å². The van der Waals surface area contributed by atoms with Crippen molar-refractivity contribution in [1.29, 1.82) is 5.26 Å². The maximum Gasteiger partial charge on any atom is 0.318 e. The van der Waals surface area contributed by atoms with Crippen molar-refractivity contribution in [2.45, 2.75) is 44.3 Å². The molecule has 2 saturated heterocycles. The third-order valence-electron chi connectivity index (χ3n) is 8.25. The Morgan fingerprint density at radius 1 is 1.18 bits per heavy atom. The molecule has 1 aromatic heterocycles. The Labute approximate surface area is 233 Å². The monoisotopic (exact) mass is 549 g/mol. The molecule has 2 aromatic carbocycles. The molecular formula is C29H33ClFN7O. The highest BCUT2D eigenvalue weighted by molar-refractivity contribution is 6.36. The van der Waals surface area contributed by atoms with Gasteiger partial charge >= 0.3 is 6.01 Å². The number of benzene rings is 2. The molecule has 4 heterocycles.